The summed E-state index contributed by atoms with van der Waals surface area (Å²) in [6.45, 7) is 6.94. The molecule has 0 radical (unpaired) electrons. The molecule has 3 aromatic heterocycles. The van der Waals surface area contributed by atoms with Crippen molar-refractivity contribution in [3.63, 3.8) is 0 Å². The van der Waals surface area contributed by atoms with Crippen LogP contribution in [-0.4, -0.2) is 71.6 Å². The van der Waals surface area contributed by atoms with Gasteiger partial charge in [-0.25, -0.2) is 23.4 Å². The Morgan fingerprint density at radius 1 is 0.974 bits per heavy atom. The molecule has 4 aromatic rings. The van der Waals surface area contributed by atoms with Gasteiger partial charge in [-0.1, -0.05) is 18.2 Å². The van der Waals surface area contributed by atoms with Crippen molar-refractivity contribution in [2.75, 3.05) is 31.1 Å². The molecular formula is C27H31F2N7O2. The van der Waals surface area contributed by atoms with Crippen LogP contribution >= 0.6 is 0 Å². The van der Waals surface area contributed by atoms with E-state index in [1.54, 1.807) is 30.6 Å². The van der Waals surface area contributed by atoms with Crippen molar-refractivity contribution in [1.82, 2.24) is 29.6 Å². The third-order valence-electron chi connectivity index (χ3n) is 7.28. The highest BCUT2D eigenvalue weighted by Crippen LogP contribution is 2.34. The van der Waals surface area contributed by atoms with Crippen LogP contribution in [0.2, 0.25) is 0 Å². The van der Waals surface area contributed by atoms with Crippen molar-refractivity contribution in [3.8, 4) is 11.3 Å². The zero-order valence-electron chi connectivity index (χ0n) is 21.6. The van der Waals surface area contributed by atoms with Crippen LogP contribution < -0.4 is 4.90 Å². The van der Waals surface area contributed by atoms with Gasteiger partial charge >= 0.3 is 0 Å². The van der Waals surface area contributed by atoms with Crippen molar-refractivity contribution >= 4 is 16.9 Å². The first-order valence-electron chi connectivity index (χ1n) is 12.5. The molecule has 1 fully saturated rings. The Morgan fingerprint density at radius 2 is 1.71 bits per heavy atom. The van der Waals surface area contributed by atoms with Crippen LogP contribution in [0.4, 0.5) is 14.6 Å². The van der Waals surface area contributed by atoms with Gasteiger partial charge in [-0.3, -0.25) is 9.88 Å². The number of halogens is 2. The van der Waals surface area contributed by atoms with Crippen molar-refractivity contribution in [2.24, 2.45) is 0 Å². The predicted octanol–water partition coefficient (Wildman–Crippen LogP) is 3.26. The molecule has 0 amide bonds. The molecule has 0 saturated carbocycles. The van der Waals surface area contributed by atoms with Crippen molar-refractivity contribution in [2.45, 2.75) is 45.3 Å². The maximum absolute atomic E-state index is 14.1. The molecule has 200 valence electrons. The number of nitrogens with zero attached hydrogens (tertiary/aromatic N) is 7. The summed E-state index contributed by atoms with van der Waals surface area (Å²) in [6.07, 6.45) is 4.65. The largest absolute Gasteiger partial charge is 0.387 e. The van der Waals surface area contributed by atoms with Crippen molar-refractivity contribution in [3.05, 3.63) is 66.0 Å². The lowest BCUT2D eigenvalue weighted by molar-refractivity contribution is -0.127. The van der Waals surface area contributed by atoms with Gasteiger partial charge in [-0.2, -0.15) is 5.10 Å². The number of hydrogen-bond acceptors (Lipinski definition) is 8. The molecule has 1 saturated heterocycles. The average molecular weight is 524 g/mol. The normalized spacial score (nSPS) is 16.7. The van der Waals surface area contributed by atoms with E-state index in [1.807, 2.05) is 6.07 Å². The highest BCUT2D eigenvalue weighted by molar-refractivity contribution is 5.83. The second kappa shape index (κ2) is 9.97. The van der Waals surface area contributed by atoms with Gasteiger partial charge < -0.3 is 15.1 Å². The molecule has 9 nitrogen and oxygen atoms in total. The standard InChI is InChI=1S/C27H31F2N7O2/c1-26(2,37)27(3,38)23-12-21-22(14-30-23)33-25(24(32-21)19-13-31-36(16-19)17-28)35-10-8-34(9-11-35)15-18-6-4-5-7-20(18)29/h4-7,12-14,16,37-38H,8-11,15,17H2,1-3H3/t27-/m0/s1. The molecular weight excluding hydrogens is 492 g/mol. The summed E-state index contributed by atoms with van der Waals surface area (Å²) in [4.78, 5) is 18.4. The summed E-state index contributed by atoms with van der Waals surface area (Å²) >= 11 is 0. The van der Waals surface area contributed by atoms with Gasteiger partial charge in [0.05, 0.1) is 29.2 Å². The molecule has 0 spiro atoms. The zero-order valence-corrected chi connectivity index (χ0v) is 21.6. The van der Waals surface area contributed by atoms with Crippen LogP contribution in [0, 0.1) is 5.82 Å². The van der Waals surface area contributed by atoms with Crippen LogP contribution in [0.25, 0.3) is 22.3 Å². The molecule has 4 heterocycles. The minimum atomic E-state index is -1.63. The summed E-state index contributed by atoms with van der Waals surface area (Å²) in [5, 5.41) is 25.5. The number of hydrogen-bond donors (Lipinski definition) is 2. The van der Waals surface area contributed by atoms with Crippen LogP contribution in [-0.2, 0) is 18.9 Å². The molecule has 2 N–H and O–H groups in total. The summed E-state index contributed by atoms with van der Waals surface area (Å²) < 4.78 is 28.6. The first-order chi connectivity index (χ1) is 18.1. The molecule has 0 unspecified atom stereocenters. The van der Waals surface area contributed by atoms with Crippen LogP contribution in [0.5, 0.6) is 0 Å². The highest BCUT2D eigenvalue weighted by Gasteiger charge is 2.40. The van der Waals surface area contributed by atoms with E-state index in [1.165, 1.54) is 37.7 Å². The summed E-state index contributed by atoms with van der Waals surface area (Å²) in [6, 6.07) is 8.41. The van der Waals surface area contributed by atoms with Gasteiger partial charge in [0.2, 0.25) is 0 Å². The van der Waals surface area contributed by atoms with Crippen LogP contribution in [0.1, 0.15) is 32.0 Å². The summed E-state index contributed by atoms with van der Waals surface area (Å²) in [7, 11) is 0. The number of pyridine rings is 1. The number of anilines is 1. The van der Waals surface area contributed by atoms with Gasteiger partial charge in [-0.05, 0) is 32.9 Å². The van der Waals surface area contributed by atoms with E-state index in [0.717, 1.165) is 0 Å². The number of fused-ring (bicyclic) bond motifs is 1. The topological polar surface area (TPSA) is 103 Å². The summed E-state index contributed by atoms with van der Waals surface area (Å²) in [5.74, 6) is 0.406. The van der Waals surface area contributed by atoms with E-state index in [2.05, 4.69) is 19.9 Å². The Labute approximate surface area is 219 Å². The number of aromatic nitrogens is 5. The first kappa shape index (κ1) is 26.1. The van der Waals surface area contributed by atoms with E-state index in [-0.39, 0.29) is 11.5 Å². The maximum atomic E-state index is 14.1. The Balaban J connectivity index is 1.48. The van der Waals surface area contributed by atoms with Crippen molar-refractivity contribution in [1.29, 1.82) is 0 Å². The molecule has 1 aliphatic rings. The summed E-state index contributed by atoms with van der Waals surface area (Å²) in [5.41, 5.74) is -0.0335. The molecule has 11 heteroatoms. The Morgan fingerprint density at radius 3 is 2.37 bits per heavy atom. The minimum absolute atomic E-state index is 0.210. The number of alkyl halides is 1. The minimum Gasteiger partial charge on any atom is -0.387 e. The first-order valence-corrected chi connectivity index (χ1v) is 12.5. The smallest absolute Gasteiger partial charge is 0.181 e. The highest BCUT2D eigenvalue weighted by atomic mass is 19.1. The number of benzene rings is 1. The molecule has 0 bridgehead atoms. The fourth-order valence-electron chi connectivity index (χ4n) is 4.48. The van der Waals surface area contributed by atoms with E-state index >= 15 is 0 Å². The predicted molar refractivity (Wildman–Crippen MR) is 139 cm³/mol. The van der Waals surface area contributed by atoms with Gasteiger partial charge in [0.25, 0.3) is 0 Å². The lowest BCUT2D eigenvalue weighted by Gasteiger charge is -2.36. The van der Waals surface area contributed by atoms with Gasteiger partial charge in [0.15, 0.2) is 12.6 Å². The molecule has 5 rings (SSSR count). The Bertz CT molecular complexity index is 1440. The Kier molecular flexibility index (Phi) is 6.84. The van der Waals surface area contributed by atoms with Gasteiger partial charge in [0, 0.05) is 50.0 Å². The van der Waals surface area contributed by atoms with E-state index < -0.39 is 18.0 Å². The second-order valence-corrected chi connectivity index (χ2v) is 10.3. The molecule has 38 heavy (non-hydrogen) atoms. The fourth-order valence-corrected chi connectivity index (χ4v) is 4.48. The quantitative estimate of drug-likeness (QED) is 0.381. The van der Waals surface area contributed by atoms with E-state index in [0.29, 0.717) is 66.4 Å². The van der Waals surface area contributed by atoms with Crippen LogP contribution in [0.15, 0.2) is 48.9 Å². The molecule has 1 aliphatic heterocycles. The van der Waals surface area contributed by atoms with E-state index in [9.17, 15) is 19.0 Å². The van der Waals surface area contributed by atoms with Crippen LogP contribution in [0.3, 0.4) is 0 Å². The lowest BCUT2D eigenvalue weighted by atomic mass is 9.84. The maximum Gasteiger partial charge on any atom is 0.181 e. The van der Waals surface area contributed by atoms with Gasteiger partial charge in [-0.15, -0.1) is 0 Å². The zero-order chi connectivity index (χ0) is 27.1. The molecule has 1 atom stereocenters. The lowest BCUT2D eigenvalue weighted by Crippen LogP contribution is -2.46. The monoisotopic (exact) mass is 523 g/mol. The third kappa shape index (κ3) is 4.96. The van der Waals surface area contributed by atoms with E-state index in [4.69, 9.17) is 9.97 Å². The SMILES string of the molecule is CC(C)(O)[C@@](C)(O)c1cc2nc(-c3cnn(CF)c3)c(N3CCN(Cc4ccccc4F)CC3)nc2cn1. The fraction of sp³-hybridized carbons (Fsp3) is 0.407. The third-order valence-corrected chi connectivity index (χ3v) is 7.28. The molecule has 0 aliphatic carbocycles. The van der Waals surface area contributed by atoms with Gasteiger partial charge in [0.1, 0.15) is 22.6 Å². The van der Waals surface area contributed by atoms with Crippen molar-refractivity contribution < 1.29 is 19.0 Å². The molecule has 1 aromatic carbocycles. The number of piperazine rings is 1. The second-order valence-electron chi connectivity index (χ2n) is 10.3. The number of aliphatic hydroxyl groups is 2. The average Bonchev–Trinajstić information content (AvgIpc) is 3.38. The number of rotatable bonds is 7. The Hall–Kier alpha value is -3.54.